The minimum atomic E-state index is -0.546. The molecule has 0 saturated heterocycles. The number of aliphatic hydroxyl groups excluding tert-OH is 1. The van der Waals surface area contributed by atoms with Crippen LogP contribution in [0.2, 0.25) is 0 Å². The van der Waals surface area contributed by atoms with Crippen LogP contribution in [0.1, 0.15) is 30.6 Å². The second kappa shape index (κ2) is 7.44. The van der Waals surface area contributed by atoms with Crippen molar-refractivity contribution in [1.29, 1.82) is 0 Å². The van der Waals surface area contributed by atoms with E-state index < -0.39 is 4.92 Å². The van der Waals surface area contributed by atoms with Crippen LogP contribution >= 0.6 is 0 Å². The van der Waals surface area contributed by atoms with Crippen molar-refractivity contribution in [1.82, 2.24) is 5.32 Å². The molecule has 0 aliphatic rings. The summed E-state index contributed by atoms with van der Waals surface area (Å²) in [7, 11) is 0. The normalized spacial score (nSPS) is 11.8. The number of aliphatic hydroxyl groups is 1. The Labute approximate surface area is 117 Å². The van der Waals surface area contributed by atoms with Gasteiger partial charge in [-0.1, -0.05) is 6.92 Å². The first-order valence-corrected chi connectivity index (χ1v) is 6.47. The van der Waals surface area contributed by atoms with Crippen LogP contribution in [-0.2, 0) is 0 Å². The van der Waals surface area contributed by atoms with Gasteiger partial charge in [-0.15, -0.1) is 0 Å². The number of nitro groups is 1. The average Bonchev–Trinajstić information content (AvgIpc) is 2.44. The Kier molecular flexibility index (Phi) is 5.92. The summed E-state index contributed by atoms with van der Waals surface area (Å²) in [5, 5.41) is 25.7. The van der Waals surface area contributed by atoms with Crippen LogP contribution in [0.3, 0.4) is 0 Å². The van der Waals surface area contributed by atoms with E-state index in [9.17, 15) is 14.9 Å². The van der Waals surface area contributed by atoms with E-state index in [0.717, 1.165) is 0 Å². The van der Waals surface area contributed by atoms with Gasteiger partial charge in [-0.05, 0) is 25.5 Å². The highest BCUT2D eigenvalue weighted by Crippen LogP contribution is 2.26. The van der Waals surface area contributed by atoms with E-state index in [2.05, 4.69) is 10.6 Å². The zero-order valence-corrected chi connectivity index (χ0v) is 11.5. The van der Waals surface area contributed by atoms with Crippen molar-refractivity contribution in [3.05, 3.63) is 33.9 Å². The molecule has 1 aromatic rings. The molecule has 0 spiro atoms. The summed E-state index contributed by atoms with van der Waals surface area (Å²) < 4.78 is 0. The number of carbonyl (C=O) groups excluding carboxylic acids is 1. The van der Waals surface area contributed by atoms with Gasteiger partial charge in [0.1, 0.15) is 5.69 Å². The highest BCUT2D eigenvalue weighted by Gasteiger charge is 2.19. The molecule has 1 atom stereocenters. The highest BCUT2D eigenvalue weighted by atomic mass is 16.6. The maximum absolute atomic E-state index is 11.7. The van der Waals surface area contributed by atoms with E-state index in [0.29, 0.717) is 18.7 Å². The van der Waals surface area contributed by atoms with Crippen molar-refractivity contribution >= 4 is 17.3 Å². The minimum Gasteiger partial charge on any atom is -0.394 e. The maximum atomic E-state index is 11.7. The molecule has 1 rings (SSSR count). The monoisotopic (exact) mass is 281 g/mol. The molecule has 1 amide bonds. The standard InChI is InChI=1S/C13H19N3O4/c1-3-10(8-17)15-11-6-5-9(13(18)14-4-2)7-12(11)16(19)20/h5-7,10,15,17H,3-4,8H2,1-2H3,(H,14,18). The maximum Gasteiger partial charge on any atom is 0.293 e. The zero-order valence-electron chi connectivity index (χ0n) is 11.5. The molecule has 0 saturated carbocycles. The molecule has 3 N–H and O–H groups in total. The fraction of sp³-hybridized carbons (Fsp3) is 0.462. The van der Waals surface area contributed by atoms with E-state index in [1.165, 1.54) is 18.2 Å². The number of nitrogens with zero attached hydrogens (tertiary/aromatic N) is 1. The zero-order chi connectivity index (χ0) is 15.1. The van der Waals surface area contributed by atoms with Gasteiger partial charge in [-0.3, -0.25) is 14.9 Å². The van der Waals surface area contributed by atoms with Crippen molar-refractivity contribution in [2.45, 2.75) is 26.3 Å². The van der Waals surface area contributed by atoms with Crippen LogP contribution in [0.5, 0.6) is 0 Å². The Morgan fingerprint density at radius 2 is 2.15 bits per heavy atom. The third-order valence-electron chi connectivity index (χ3n) is 2.87. The van der Waals surface area contributed by atoms with Crippen molar-refractivity contribution in [2.24, 2.45) is 0 Å². The number of carbonyl (C=O) groups is 1. The summed E-state index contributed by atoms with van der Waals surface area (Å²) in [6, 6.07) is 3.98. The molecule has 1 unspecified atom stereocenters. The molecular weight excluding hydrogens is 262 g/mol. The molecule has 110 valence electrons. The van der Waals surface area contributed by atoms with Gasteiger partial charge in [0.15, 0.2) is 0 Å². The summed E-state index contributed by atoms with van der Waals surface area (Å²) in [6.07, 6.45) is 0.631. The Hall–Kier alpha value is -2.15. The molecule has 0 aromatic heterocycles. The van der Waals surface area contributed by atoms with Gasteiger partial charge in [0.25, 0.3) is 11.6 Å². The summed E-state index contributed by atoms with van der Waals surface area (Å²) in [4.78, 5) is 22.2. The first-order chi connectivity index (χ1) is 9.53. The SMILES string of the molecule is CCNC(=O)c1ccc(NC(CC)CO)c([N+](=O)[O-])c1. The second-order valence-electron chi connectivity index (χ2n) is 4.28. The summed E-state index contributed by atoms with van der Waals surface area (Å²) in [5.74, 6) is -0.351. The van der Waals surface area contributed by atoms with Crippen LogP contribution in [0.15, 0.2) is 18.2 Å². The van der Waals surface area contributed by atoms with Crippen LogP contribution in [-0.4, -0.2) is 35.1 Å². The molecule has 0 fully saturated rings. The van der Waals surface area contributed by atoms with Gasteiger partial charge in [-0.25, -0.2) is 0 Å². The first-order valence-electron chi connectivity index (χ1n) is 6.47. The quantitative estimate of drug-likeness (QED) is 0.519. The molecule has 0 radical (unpaired) electrons. The minimum absolute atomic E-state index is 0.119. The molecular formula is C13H19N3O4. The highest BCUT2D eigenvalue weighted by molar-refractivity contribution is 5.95. The molecule has 0 heterocycles. The number of amides is 1. The number of anilines is 1. The van der Waals surface area contributed by atoms with E-state index in [-0.39, 0.29) is 29.8 Å². The summed E-state index contributed by atoms with van der Waals surface area (Å²) in [5.41, 5.74) is 0.353. The average molecular weight is 281 g/mol. The van der Waals surface area contributed by atoms with Gasteiger partial charge < -0.3 is 15.7 Å². The van der Waals surface area contributed by atoms with Gasteiger partial charge in [0, 0.05) is 24.2 Å². The molecule has 7 nitrogen and oxygen atoms in total. The topological polar surface area (TPSA) is 104 Å². The predicted molar refractivity (Wildman–Crippen MR) is 75.9 cm³/mol. The second-order valence-corrected chi connectivity index (χ2v) is 4.28. The van der Waals surface area contributed by atoms with Crippen LogP contribution in [0.4, 0.5) is 11.4 Å². The van der Waals surface area contributed by atoms with Crippen LogP contribution in [0, 0.1) is 10.1 Å². The van der Waals surface area contributed by atoms with Crippen LogP contribution < -0.4 is 10.6 Å². The summed E-state index contributed by atoms with van der Waals surface area (Å²) in [6.45, 7) is 3.97. The van der Waals surface area contributed by atoms with Crippen molar-refractivity contribution in [3.8, 4) is 0 Å². The molecule has 0 aliphatic carbocycles. The van der Waals surface area contributed by atoms with Crippen molar-refractivity contribution < 1.29 is 14.8 Å². The first kappa shape index (κ1) is 15.9. The third-order valence-corrected chi connectivity index (χ3v) is 2.87. The molecule has 1 aromatic carbocycles. The lowest BCUT2D eigenvalue weighted by Crippen LogP contribution is -2.24. The van der Waals surface area contributed by atoms with E-state index in [1.54, 1.807) is 6.92 Å². The fourth-order valence-electron chi connectivity index (χ4n) is 1.71. The third kappa shape index (κ3) is 3.92. The number of nitrogens with one attached hydrogen (secondary N) is 2. The van der Waals surface area contributed by atoms with Gasteiger partial charge in [0.2, 0.25) is 0 Å². The lowest BCUT2D eigenvalue weighted by Gasteiger charge is -2.15. The Morgan fingerprint density at radius 1 is 1.45 bits per heavy atom. The lowest BCUT2D eigenvalue weighted by atomic mass is 10.1. The Balaban J connectivity index is 3.07. The van der Waals surface area contributed by atoms with Gasteiger partial charge in [0.05, 0.1) is 11.5 Å². The number of rotatable bonds is 7. The molecule has 7 heteroatoms. The predicted octanol–water partition coefficient (Wildman–Crippen LogP) is 1.53. The molecule has 0 bridgehead atoms. The fourth-order valence-corrected chi connectivity index (χ4v) is 1.71. The smallest absolute Gasteiger partial charge is 0.293 e. The van der Waals surface area contributed by atoms with Gasteiger partial charge in [-0.2, -0.15) is 0 Å². The largest absolute Gasteiger partial charge is 0.394 e. The van der Waals surface area contributed by atoms with Crippen molar-refractivity contribution in [3.63, 3.8) is 0 Å². The lowest BCUT2D eigenvalue weighted by molar-refractivity contribution is -0.384. The molecule has 0 aliphatic heterocycles. The van der Waals surface area contributed by atoms with Gasteiger partial charge >= 0.3 is 0 Å². The molecule has 20 heavy (non-hydrogen) atoms. The Morgan fingerprint density at radius 3 is 2.65 bits per heavy atom. The number of nitro benzene ring substituents is 1. The van der Waals surface area contributed by atoms with Crippen molar-refractivity contribution in [2.75, 3.05) is 18.5 Å². The Bertz CT molecular complexity index is 487. The van der Waals surface area contributed by atoms with Crippen LogP contribution in [0.25, 0.3) is 0 Å². The summed E-state index contributed by atoms with van der Waals surface area (Å²) >= 11 is 0. The number of hydrogen-bond acceptors (Lipinski definition) is 5. The number of hydrogen-bond donors (Lipinski definition) is 3. The van der Waals surface area contributed by atoms with E-state index in [1.807, 2.05) is 6.92 Å². The van der Waals surface area contributed by atoms with E-state index >= 15 is 0 Å². The number of benzene rings is 1. The van der Waals surface area contributed by atoms with E-state index in [4.69, 9.17) is 5.11 Å².